The van der Waals surface area contributed by atoms with Gasteiger partial charge in [-0.15, -0.1) is 0 Å². The molecular weight excluding hydrogens is 498 g/mol. The Labute approximate surface area is 184 Å². The molecule has 2 saturated heterocycles. The first-order valence-corrected chi connectivity index (χ1v) is 13.2. The minimum atomic E-state index is -0.187. The van der Waals surface area contributed by atoms with Gasteiger partial charge in [0.25, 0.3) is 0 Å². The van der Waals surface area contributed by atoms with Gasteiger partial charge in [0.2, 0.25) is 0 Å². The number of nitrogens with zero attached hydrogens (tertiary/aromatic N) is 4. The molecule has 0 saturated carbocycles. The molecule has 0 radical (unpaired) electrons. The van der Waals surface area contributed by atoms with E-state index in [9.17, 15) is 9.18 Å². The van der Waals surface area contributed by atoms with E-state index in [4.69, 9.17) is 4.74 Å². The van der Waals surface area contributed by atoms with Crippen molar-refractivity contribution in [3.8, 4) is 0 Å². The van der Waals surface area contributed by atoms with Gasteiger partial charge in [-0.2, -0.15) is 0 Å². The molecule has 0 aliphatic carbocycles. The van der Waals surface area contributed by atoms with Crippen LogP contribution >= 0.6 is 0 Å². The summed E-state index contributed by atoms with van der Waals surface area (Å²) in [6, 6.07) is 13.0. The van der Waals surface area contributed by atoms with Crippen LogP contribution in [0.1, 0.15) is 24.8 Å². The van der Waals surface area contributed by atoms with Crippen molar-refractivity contribution in [3.05, 3.63) is 70.5 Å². The maximum atomic E-state index is 13.8. The van der Waals surface area contributed by atoms with Gasteiger partial charge in [0.05, 0.1) is 0 Å². The maximum absolute atomic E-state index is 13.8. The monoisotopic (exact) mass is 523 g/mol. The number of rotatable bonds is 7. The van der Waals surface area contributed by atoms with E-state index in [1.165, 1.54) is 10.5 Å². The summed E-state index contributed by atoms with van der Waals surface area (Å²) in [5, 5.41) is 4.43. The number of alkyl halides is 2. The Morgan fingerprint density at radius 1 is 1.13 bits per heavy atom. The third kappa shape index (κ3) is 4.04. The number of piperidine rings is 1. The number of fused-ring (bicyclic) bond motifs is 3. The van der Waals surface area contributed by atoms with Crippen LogP contribution in [-0.4, -0.2) is 46.2 Å². The van der Waals surface area contributed by atoms with Gasteiger partial charge in [-0.25, -0.2) is 0 Å². The Morgan fingerprint density at radius 2 is 2.00 bits per heavy atom. The number of aryl methyl sites for hydroxylation is 1. The number of halogens is 2. The zero-order valence-electron chi connectivity index (χ0n) is 16.7. The molecule has 4 heterocycles. The molecule has 2 bridgehead atoms. The molecule has 2 aliphatic heterocycles. The number of hydrogen-bond donors (Lipinski definition) is 0. The van der Waals surface area contributed by atoms with Gasteiger partial charge in [-0.3, -0.25) is 0 Å². The van der Waals surface area contributed by atoms with Crippen LogP contribution in [0.5, 0.6) is 0 Å². The Hall–Kier alpha value is -1.78. The van der Waals surface area contributed by atoms with Crippen molar-refractivity contribution >= 4 is 5.65 Å². The van der Waals surface area contributed by atoms with Crippen LogP contribution in [-0.2, 0) is 17.9 Å². The summed E-state index contributed by atoms with van der Waals surface area (Å²) in [7, 11) is 0. The molecule has 2 aromatic heterocycles. The Morgan fingerprint density at radius 3 is 2.83 bits per heavy atom. The molecule has 8 heteroatoms. The fourth-order valence-corrected chi connectivity index (χ4v) is 8.63. The van der Waals surface area contributed by atoms with Crippen molar-refractivity contribution in [2.75, 3.05) is 11.0 Å². The predicted octanol–water partition coefficient (Wildman–Crippen LogP) is -0.496. The molecule has 2 aliphatic rings. The Bertz CT molecular complexity index is 1070. The fraction of sp³-hybridized carbons (Fsp3) is 0.455. The SMILES string of the molecule is O=c1n(CCCN2C3C[I-]C2CC(OCc2ccccc2F)C3)nc2ccccn12. The van der Waals surface area contributed by atoms with E-state index in [-0.39, 0.29) is 38.8 Å². The first-order chi connectivity index (χ1) is 14.7. The summed E-state index contributed by atoms with van der Waals surface area (Å²) in [5.41, 5.74) is 1.27. The number of aromatic nitrogens is 3. The van der Waals surface area contributed by atoms with E-state index in [0.717, 1.165) is 25.8 Å². The molecule has 160 valence electrons. The van der Waals surface area contributed by atoms with E-state index in [1.807, 2.05) is 24.3 Å². The molecule has 6 nitrogen and oxygen atoms in total. The third-order valence-corrected chi connectivity index (χ3v) is 9.74. The molecular formula is C22H25FIN4O2-. The molecule has 3 unspecified atom stereocenters. The second-order valence-corrected chi connectivity index (χ2v) is 11.1. The van der Waals surface area contributed by atoms with Crippen LogP contribution in [0, 0.1) is 5.82 Å². The molecule has 5 rings (SSSR count). The quantitative estimate of drug-likeness (QED) is 0.238. The summed E-state index contributed by atoms with van der Waals surface area (Å²) in [4.78, 5) is 15.1. The average molecular weight is 523 g/mol. The zero-order chi connectivity index (χ0) is 20.5. The van der Waals surface area contributed by atoms with Crippen molar-refractivity contribution in [2.24, 2.45) is 0 Å². The van der Waals surface area contributed by atoms with Gasteiger partial charge < -0.3 is 0 Å². The minimum absolute atomic E-state index is 0.0683. The second kappa shape index (κ2) is 8.76. The number of pyridine rings is 1. The summed E-state index contributed by atoms with van der Waals surface area (Å²) in [6.45, 7) is 1.99. The van der Waals surface area contributed by atoms with Crippen LogP contribution < -0.4 is 26.9 Å². The van der Waals surface area contributed by atoms with Gasteiger partial charge >= 0.3 is 185 Å². The molecule has 30 heavy (non-hydrogen) atoms. The van der Waals surface area contributed by atoms with Crippen LogP contribution in [0.25, 0.3) is 5.65 Å². The molecule has 0 N–H and O–H groups in total. The molecule has 1 aromatic carbocycles. The topological polar surface area (TPSA) is 51.8 Å². The summed E-state index contributed by atoms with van der Waals surface area (Å²) < 4.78 is 25.0. The second-order valence-electron chi connectivity index (χ2n) is 7.92. The zero-order valence-corrected chi connectivity index (χ0v) is 18.8. The van der Waals surface area contributed by atoms with Crippen LogP contribution in [0.15, 0.2) is 53.5 Å². The van der Waals surface area contributed by atoms with Crippen molar-refractivity contribution in [3.63, 3.8) is 0 Å². The van der Waals surface area contributed by atoms with Gasteiger partial charge in [-0.05, 0) is 0 Å². The molecule has 0 amide bonds. The van der Waals surface area contributed by atoms with E-state index < -0.39 is 0 Å². The normalized spacial score (nSPS) is 24.2. The summed E-state index contributed by atoms with van der Waals surface area (Å²) in [6.07, 6.45) is 4.98. The number of hydrogen-bond acceptors (Lipinski definition) is 4. The predicted molar refractivity (Wildman–Crippen MR) is 107 cm³/mol. The Balaban J connectivity index is 1.14. The number of ether oxygens (including phenoxy) is 1. The van der Waals surface area contributed by atoms with E-state index >= 15 is 0 Å². The molecule has 3 atom stereocenters. The Kier molecular flexibility index (Phi) is 5.88. The van der Waals surface area contributed by atoms with Crippen molar-refractivity contribution in [1.29, 1.82) is 0 Å². The van der Waals surface area contributed by atoms with E-state index in [1.54, 1.807) is 27.4 Å². The van der Waals surface area contributed by atoms with Crippen LogP contribution in [0.4, 0.5) is 4.39 Å². The summed E-state index contributed by atoms with van der Waals surface area (Å²) >= 11 is 0.146. The van der Waals surface area contributed by atoms with Gasteiger partial charge in [-0.1, -0.05) is 0 Å². The van der Waals surface area contributed by atoms with Gasteiger partial charge in [0.15, 0.2) is 0 Å². The molecule has 3 aromatic rings. The standard InChI is InChI=1S/C22H25FIN4O2/c23-19-7-2-1-6-16(19)15-30-18-12-17-14-24-20(13-18)26(17)10-5-11-28-22(29)27-9-4-3-8-21(27)25-28/h1-4,6-9,17-18,20H,5,10-15H2/q-1. The molecule has 2 fully saturated rings. The van der Waals surface area contributed by atoms with Crippen molar-refractivity contribution in [1.82, 2.24) is 19.1 Å². The first kappa shape index (κ1) is 20.1. The average Bonchev–Trinajstić information content (AvgIpc) is 3.19. The van der Waals surface area contributed by atoms with Gasteiger partial charge in [0, 0.05) is 0 Å². The van der Waals surface area contributed by atoms with Crippen molar-refractivity contribution in [2.45, 2.75) is 48.6 Å². The van der Waals surface area contributed by atoms with Gasteiger partial charge in [0.1, 0.15) is 0 Å². The van der Waals surface area contributed by atoms with Crippen LogP contribution in [0.2, 0.25) is 0 Å². The number of benzene rings is 1. The molecule has 0 spiro atoms. The fourth-order valence-electron chi connectivity index (χ4n) is 4.42. The third-order valence-electron chi connectivity index (χ3n) is 5.97. The van der Waals surface area contributed by atoms with E-state index in [2.05, 4.69) is 10.00 Å². The van der Waals surface area contributed by atoms with E-state index in [0.29, 0.717) is 34.5 Å². The summed E-state index contributed by atoms with van der Waals surface area (Å²) in [5.74, 6) is -0.187. The van der Waals surface area contributed by atoms with Crippen molar-refractivity contribution < 1.29 is 30.3 Å². The first-order valence-electron chi connectivity index (χ1n) is 10.4. The van der Waals surface area contributed by atoms with Crippen LogP contribution in [0.3, 0.4) is 0 Å².